The minimum Gasteiger partial charge on any atom is -0.478 e. The summed E-state index contributed by atoms with van der Waals surface area (Å²) < 4.78 is 13.5. The first kappa shape index (κ1) is 17.1. The number of anilines is 1. The van der Waals surface area contributed by atoms with Gasteiger partial charge in [-0.2, -0.15) is 0 Å². The van der Waals surface area contributed by atoms with E-state index in [2.05, 4.69) is 5.32 Å². The second-order valence-corrected chi connectivity index (χ2v) is 4.91. The van der Waals surface area contributed by atoms with Crippen LogP contribution >= 0.6 is 0 Å². The molecular weight excluding hydrogens is 275 g/mol. The van der Waals surface area contributed by atoms with Gasteiger partial charge < -0.3 is 16.2 Å². The molecule has 1 atom stereocenters. The number of benzene rings is 1. The Hall–Kier alpha value is -1.95. The van der Waals surface area contributed by atoms with E-state index in [1.54, 1.807) is 0 Å². The van der Waals surface area contributed by atoms with Crippen molar-refractivity contribution in [2.24, 2.45) is 11.7 Å². The summed E-state index contributed by atoms with van der Waals surface area (Å²) in [7, 11) is 0. The minimum absolute atomic E-state index is 0.0145. The highest BCUT2D eigenvalue weighted by Gasteiger charge is 2.17. The third kappa shape index (κ3) is 5.15. The zero-order chi connectivity index (χ0) is 15.8. The van der Waals surface area contributed by atoms with Gasteiger partial charge in [0.1, 0.15) is 11.4 Å². The van der Waals surface area contributed by atoms with Crippen molar-refractivity contribution in [1.82, 2.24) is 0 Å². The quantitative estimate of drug-likeness (QED) is 0.687. The number of carboxylic acids is 1. The molecule has 6 heteroatoms. The Balaban J connectivity index is 2.67. The topological polar surface area (TPSA) is 92.4 Å². The van der Waals surface area contributed by atoms with Gasteiger partial charge in [0.25, 0.3) is 0 Å². The summed E-state index contributed by atoms with van der Waals surface area (Å²) >= 11 is 0. The number of nitrogens with one attached hydrogen (secondary N) is 1. The molecule has 0 heterocycles. The number of halogens is 1. The normalized spacial score (nSPS) is 12.0. The summed E-state index contributed by atoms with van der Waals surface area (Å²) in [5, 5.41) is 11.4. The zero-order valence-corrected chi connectivity index (χ0v) is 12.1. The average Bonchev–Trinajstić information content (AvgIpc) is 2.43. The predicted molar refractivity (Wildman–Crippen MR) is 78.7 cm³/mol. The molecule has 0 aliphatic heterocycles. The lowest BCUT2D eigenvalue weighted by molar-refractivity contribution is -0.116. The number of nitrogens with two attached hydrogens (primary N) is 1. The molecule has 0 aromatic heterocycles. The third-order valence-electron chi connectivity index (χ3n) is 3.43. The van der Waals surface area contributed by atoms with Crippen LogP contribution in [0.2, 0.25) is 0 Å². The molecule has 1 aromatic carbocycles. The fraction of sp³-hybridized carbons (Fsp3) is 0.467. The zero-order valence-electron chi connectivity index (χ0n) is 12.1. The van der Waals surface area contributed by atoms with Crippen LogP contribution in [0.5, 0.6) is 0 Å². The van der Waals surface area contributed by atoms with Crippen molar-refractivity contribution in [3.63, 3.8) is 0 Å². The fourth-order valence-corrected chi connectivity index (χ4v) is 2.18. The van der Waals surface area contributed by atoms with Crippen LogP contribution in [0.4, 0.5) is 10.1 Å². The van der Waals surface area contributed by atoms with E-state index in [9.17, 15) is 14.0 Å². The van der Waals surface area contributed by atoms with Crippen LogP contribution in [0, 0.1) is 11.7 Å². The SMILES string of the molecule is CCC(CCN)CCC(=O)Nc1cccc(F)c1C(=O)O. The van der Waals surface area contributed by atoms with Crippen LogP contribution in [0.15, 0.2) is 18.2 Å². The van der Waals surface area contributed by atoms with E-state index in [0.29, 0.717) is 18.9 Å². The Bertz CT molecular complexity index is 506. The summed E-state index contributed by atoms with van der Waals surface area (Å²) in [5.41, 5.74) is 4.97. The molecule has 1 rings (SSSR count). The minimum atomic E-state index is -1.40. The number of carboxylic acid groups (broad SMARTS) is 1. The van der Waals surface area contributed by atoms with Gasteiger partial charge >= 0.3 is 5.97 Å². The Kier molecular flexibility index (Phi) is 6.81. The van der Waals surface area contributed by atoms with Crippen LogP contribution in [0.25, 0.3) is 0 Å². The van der Waals surface area contributed by atoms with Gasteiger partial charge in [0, 0.05) is 6.42 Å². The van der Waals surface area contributed by atoms with Crippen LogP contribution in [0.3, 0.4) is 0 Å². The number of hydrogen-bond donors (Lipinski definition) is 3. The predicted octanol–water partition coefficient (Wildman–Crippen LogP) is 2.62. The Morgan fingerprint density at radius 2 is 2.10 bits per heavy atom. The van der Waals surface area contributed by atoms with Gasteiger partial charge in [0.15, 0.2) is 0 Å². The Labute approximate surface area is 123 Å². The number of hydrogen-bond acceptors (Lipinski definition) is 3. The van der Waals surface area contributed by atoms with Gasteiger partial charge in [-0.1, -0.05) is 19.4 Å². The molecule has 0 aliphatic rings. The smallest absolute Gasteiger partial charge is 0.340 e. The summed E-state index contributed by atoms with van der Waals surface area (Å²) in [5.74, 6) is -2.22. The molecule has 1 aromatic rings. The lowest BCUT2D eigenvalue weighted by Crippen LogP contribution is -2.17. The molecule has 0 saturated carbocycles. The molecule has 0 aliphatic carbocycles. The van der Waals surface area contributed by atoms with E-state index in [0.717, 1.165) is 18.9 Å². The molecule has 5 nitrogen and oxygen atoms in total. The summed E-state index contributed by atoms with van der Waals surface area (Å²) in [4.78, 5) is 22.9. The maximum Gasteiger partial charge on any atom is 0.340 e. The lowest BCUT2D eigenvalue weighted by Gasteiger charge is -2.14. The van der Waals surface area contributed by atoms with Crippen LogP contribution in [-0.4, -0.2) is 23.5 Å². The van der Waals surface area contributed by atoms with E-state index < -0.39 is 17.3 Å². The molecule has 1 unspecified atom stereocenters. The molecule has 0 radical (unpaired) electrons. The van der Waals surface area contributed by atoms with E-state index in [1.165, 1.54) is 12.1 Å². The molecule has 1 amide bonds. The largest absolute Gasteiger partial charge is 0.478 e. The molecule has 0 fully saturated rings. The van der Waals surface area contributed by atoms with Gasteiger partial charge in [-0.05, 0) is 37.4 Å². The summed E-state index contributed by atoms with van der Waals surface area (Å²) in [6.07, 6.45) is 2.72. The number of aromatic carboxylic acids is 1. The van der Waals surface area contributed by atoms with Crippen LogP contribution < -0.4 is 11.1 Å². The van der Waals surface area contributed by atoms with Crippen molar-refractivity contribution in [2.75, 3.05) is 11.9 Å². The first-order valence-corrected chi connectivity index (χ1v) is 7.01. The number of carbonyl (C=O) groups is 2. The fourth-order valence-electron chi connectivity index (χ4n) is 2.18. The van der Waals surface area contributed by atoms with E-state index >= 15 is 0 Å². The molecule has 116 valence electrons. The van der Waals surface area contributed by atoms with Crippen molar-refractivity contribution in [3.05, 3.63) is 29.6 Å². The van der Waals surface area contributed by atoms with Crippen molar-refractivity contribution >= 4 is 17.6 Å². The van der Waals surface area contributed by atoms with Crippen molar-refractivity contribution in [2.45, 2.75) is 32.6 Å². The van der Waals surface area contributed by atoms with Crippen LogP contribution in [-0.2, 0) is 4.79 Å². The van der Waals surface area contributed by atoms with Gasteiger partial charge in [0.2, 0.25) is 5.91 Å². The molecule has 0 bridgehead atoms. The summed E-state index contributed by atoms with van der Waals surface area (Å²) in [6, 6.07) is 3.79. The number of carbonyl (C=O) groups excluding carboxylic acids is 1. The standard InChI is InChI=1S/C15H21FN2O3/c1-2-10(8-9-17)6-7-13(19)18-12-5-3-4-11(16)14(12)15(20)21/h3-5,10H,2,6-9,17H2,1H3,(H,18,19)(H,20,21). The molecule has 0 saturated heterocycles. The number of amides is 1. The highest BCUT2D eigenvalue weighted by molar-refractivity contribution is 6.00. The van der Waals surface area contributed by atoms with Gasteiger partial charge in [-0.15, -0.1) is 0 Å². The average molecular weight is 296 g/mol. The van der Waals surface area contributed by atoms with Crippen molar-refractivity contribution < 1.29 is 19.1 Å². The van der Waals surface area contributed by atoms with Crippen molar-refractivity contribution in [3.8, 4) is 0 Å². The maximum absolute atomic E-state index is 13.5. The number of rotatable bonds is 8. The van der Waals surface area contributed by atoms with E-state index in [1.807, 2.05) is 6.92 Å². The van der Waals surface area contributed by atoms with E-state index in [4.69, 9.17) is 10.8 Å². The first-order chi connectivity index (χ1) is 9.99. The Morgan fingerprint density at radius 1 is 1.38 bits per heavy atom. The first-order valence-electron chi connectivity index (χ1n) is 7.01. The third-order valence-corrected chi connectivity index (χ3v) is 3.43. The highest BCUT2D eigenvalue weighted by Crippen LogP contribution is 2.20. The second kappa shape index (κ2) is 8.36. The monoisotopic (exact) mass is 296 g/mol. The Morgan fingerprint density at radius 3 is 2.67 bits per heavy atom. The van der Waals surface area contributed by atoms with Crippen LogP contribution in [0.1, 0.15) is 43.0 Å². The maximum atomic E-state index is 13.5. The lowest BCUT2D eigenvalue weighted by atomic mass is 9.96. The molecule has 21 heavy (non-hydrogen) atoms. The van der Waals surface area contributed by atoms with Gasteiger partial charge in [-0.3, -0.25) is 4.79 Å². The highest BCUT2D eigenvalue weighted by atomic mass is 19.1. The van der Waals surface area contributed by atoms with E-state index in [-0.39, 0.29) is 18.0 Å². The summed E-state index contributed by atoms with van der Waals surface area (Å²) in [6.45, 7) is 2.61. The van der Waals surface area contributed by atoms with Gasteiger partial charge in [0.05, 0.1) is 5.69 Å². The van der Waals surface area contributed by atoms with Crippen molar-refractivity contribution in [1.29, 1.82) is 0 Å². The van der Waals surface area contributed by atoms with Gasteiger partial charge in [-0.25, -0.2) is 9.18 Å². The molecular formula is C15H21FN2O3. The molecule has 0 spiro atoms. The second-order valence-electron chi connectivity index (χ2n) is 4.91. The molecule has 4 N–H and O–H groups in total.